The summed E-state index contributed by atoms with van der Waals surface area (Å²) in [5, 5.41) is 4.25. The van der Waals surface area contributed by atoms with E-state index in [9.17, 15) is 0 Å². The summed E-state index contributed by atoms with van der Waals surface area (Å²) in [5.41, 5.74) is 1.24. The zero-order chi connectivity index (χ0) is 11.1. The van der Waals surface area contributed by atoms with Crippen LogP contribution in [0.1, 0.15) is 31.9 Å². The van der Waals surface area contributed by atoms with Gasteiger partial charge in [0.05, 0.1) is 0 Å². The van der Waals surface area contributed by atoms with Gasteiger partial charge in [0.15, 0.2) is 0 Å². The zero-order valence-corrected chi connectivity index (χ0v) is 10.1. The molecule has 2 heteroatoms. The average molecular weight is 224 g/mol. The Morgan fingerprint density at radius 3 is 2.93 bits per heavy atom. The van der Waals surface area contributed by atoms with Crippen molar-refractivity contribution in [2.75, 3.05) is 6.54 Å². The summed E-state index contributed by atoms with van der Waals surface area (Å²) in [6, 6.07) is 8.35. The molecule has 1 atom stereocenters. The van der Waals surface area contributed by atoms with Gasteiger partial charge in [-0.3, -0.25) is 0 Å². The van der Waals surface area contributed by atoms with Gasteiger partial charge in [0.1, 0.15) is 0 Å². The van der Waals surface area contributed by atoms with E-state index in [1.54, 1.807) is 0 Å². The monoisotopic (exact) mass is 223 g/mol. The molecule has 0 saturated carbocycles. The molecule has 82 valence electrons. The number of rotatable bonds is 5. The minimum Gasteiger partial charge on any atom is -0.310 e. The lowest BCUT2D eigenvalue weighted by Crippen LogP contribution is -2.19. The Morgan fingerprint density at radius 1 is 1.47 bits per heavy atom. The van der Waals surface area contributed by atoms with Crippen LogP contribution < -0.4 is 5.32 Å². The average Bonchev–Trinajstić information content (AvgIpc) is 2.24. The first-order chi connectivity index (χ1) is 7.24. The molecule has 1 aromatic carbocycles. The van der Waals surface area contributed by atoms with Crippen molar-refractivity contribution in [3.63, 3.8) is 0 Å². The van der Waals surface area contributed by atoms with Crippen molar-refractivity contribution in [1.82, 2.24) is 5.32 Å². The maximum absolute atomic E-state index is 5.93. The lowest BCUT2D eigenvalue weighted by molar-refractivity contribution is 0.581. The van der Waals surface area contributed by atoms with Crippen molar-refractivity contribution in [3.05, 3.63) is 47.0 Å². The Balaban J connectivity index is 2.43. The number of benzene rings is 1. The van der Waals surface area contributed by atoms with Gasteiger partial charge in [-0.25, -0.2) is 0 Å². The zero-order valence-electron chi connectivity index (χ0n) is 9.33. The van der Waals surface area contributed by atoms with Gasteiger partial charge in [-0.2, -0.15) is 0 Å². The van der Waals surface area contributed by atoms with E-state index < -0.39 is 0 Å². The van der Waals surface area contributed by atoms with Crippen LogP contribution in [0.15, 0.2) is 36.4 Å². The predicted molar refractivity (Wildman–Crippen MR) is 67.3 cm³/mol. The molecule has 1 nitrogen and oxygen atoms in total. The van der Waals surface area contributed by atoms with E-state index in [4.69, 9.17) is 11.6 Å². The lowest BCUT2D eigenvalue weighted by atomic mass is 10.1. The van der Waals surface area contributed by atoms with E-state index in [0.717, 1.165) is 18.0 Å². The minimum absolute atomic E-state index is 0.356. The molecule has 1 aromatic rings. The number of halogens is 1. The normalized spacial score (nSPS) is 13.3. The van der Waals surface area contributed by atoms with Crippen LogP contribution in [0.2, 0.25) is 5.02 Å². The Hall–Kier alpha value is -0.790. The SMILES string of the molecule is C/C=C/CCNC(C)c1cccc(Cl)c1. The summed E-state index contributed by atoms with van der Waals surface area (Å²) in [4.78, 5) is 0. The van der Waals surface area contributed by atoms with Crippen LogP contribution >= 0.6 is 11.6 Å². The maximum Gasteiger partial charge on any atom is 0.0409 e. The highest BCUT2D eigenvalue weighted by Gasteiger charge is 2.03. The molecule has 0 fully saturated rings. The summed E-state index contributed by atoms with van der Waals surface area (Å²) in [7, 11) is 0. The summed E-state index contributed by atoms with van der Waals surface area (Å²) >= 11 is 5.93. The van der Waals surface area contributed by atoms with E-state index in [1.807, 2.05) is 25.1 Å². The molecule has 0 spiro atoms. The first kappa shape index (κ1) is 12.3. The van der Waals surface area contributed by atoms with Gasteiger partial charge in [0.2, 0.25) is 0 Å². The molecule has 0 aliphatic rings. The summed E-state index contributed by atoms with van der Waals surface area (Å²) < 4.78 is 0. The minimum atomic E-state index is 0.356. The molecule has 0 aliphatic carbocycles. The molecular weight excluding hydrogens is 206 g/mol. The third kappa shape index (κ3) is 4.50. The van der Waals surface area contributed by atoms with Crippen LogP contribution in [0, 0.1) is 0 Å². The predicted octanol–water partition coefficient (Wildman–Crippen LogP) is 3.96. The van der Waals surface area contributed by atoms with Gasteiger partial charge >= 0.3 is 0 Å². The van der Waals surface area contributed by atoms with Gasteiger partial charge in [-0.05, 0) is 44.5 Å². The van der Waals surface area contributed by atoms with Crippen LogP contribution in [0.25, 0.3) is 0 Å². The van der Waals surface area contributed by atoms with Crippen molar-refractivity contribution in [3.8, 4) is 0 Å². The standard InChI is InChI=1S/C13H18ClN/c1-3-4-5-9-15-11(2)12-7-6-8-13(14)10-12/h3-4,6-8,10-11,15H,5,9H2,1-2H3/b4-3+. The highest BCUT2D eigenvalue weighted by molar-refractivity contribution is 6.30. The van der Waals surface area contributed by atoms with Crippen molar-refractivity contribution < 1.29 is 0 Å². The second-order valence-corrected chi connectivity index (χ2v) is 4.02. The van der Waals surface area contributed by atoms with Crippen molar-refractivity contribution in [1.29, 1.82) is 0 Å². The topological polar surface area (TPSA) is 12.0 Å². The van der Waals surface area contributed by atoms with Gasteiger partial charge < -0.3 is 5.32 Å². The van der Waals surface area contributed by atoms with E-state index >= 15 is 0 Å². The van der Waals surface area contributed by atoms with Crippen molar-refractivity contribution >= 4 is 11.6 Å². The molecule has 0 aromatic heterocycles. The molecule has 0 bridgehead atoms. The number of nitrogens with one attached hydrogen (secondary N) is 1. The Labute approximate surface area is 97.1 Å². The molecule has 1 unspecified atom stereocenters. The fourth-order valence-corrected chi connectivity index (χ4v) is 1.64. The van der Waals surface area contributed by atoms with Gasteiger partial charge in [0.25, 0.3) is 0 Å². The molecule has 0 heterocycles. The van der Waals surface area contributed by atoms with Crippen LogP contribution in [0.3, 0.4) is 0 Å². The smallest absolute Gasteiger partial charge is 0.0409 e. The fraction of sp³-hybridized carbons (Fsp3) is 0.385. The Morgan fingerprint density at radius 2 is 2.27 bits per heavy atom. The number of hydrogen-bond acceptors (Lipinski definition) is 1. The first-order valence-corrected chi connectivity index (χ1v) is 5.72. The number of hydrogen-bond donors (Lipinski definition) is 1. The molecule has 0 saturated heterocycles. The Kier molecular flexibility index (Phi) is 5.44. The second kappa shape index (κ2) is 6.65. The van der Waals surface area contributed by atoms with Crippen molar-refractivity contribution in [2.45, 2.75) is 26.3 Å². The fourth-order valence-electron chi connectivity index (χ4n) is 1.44. The molecule has 15 heavy (non-hydrogen) atoms. The maximum atomic E-state index is 5.93. The van der Waals surface area contributed by atoms with Crippen LogP contribution in [-0.2, 0) is 0 Å². The quantitative estimate of drug-likeness (QED) is 0.589. The summed E-state index contributed by atoms with van der Waals surface area (Å²) in [5.74, 6) is 0. The molecule has 0 amide bonds. The third-order valence-electron chi connectivity index (χ3n) is 2.35. The van der Waals surface area contributed by atoms with Crippen molar-refractivity contribution in [2.24, 2.45) is 0 Å². The number of allylic oxidation sites excluding steroid dienone is 1. The molecule has 1 N–H and O–H groups in total. The highest BCUT2D eigenvalue weighted by Crippen LogP contribution is 2.16. The van der Waals surface area contributed by atoms with E-state index in [0.29, 0.717) is 6.04 Å². The van der Waals surface area contributed by atoms with Crippen LogP contribution in [0.5, 0.6) is 0 Å². The van der Waals surface area contributed by atoms with Gasteiger partial charge in [-0.15, -0.1) is 0 Å². The Bertz CT molecular complexity index is 320. The van der Waals surface area contributed by atoms with Gasteiger partial charge in [-0.1, -0.05) is 35.9 Å². The van der Waals surface area contributed by atoms with E-state index in [-0.39, 0.29) is 0 Å². The molecule has 1 rings (SSSR count). The second-order valence-electron chi connectivity index (χ2n) is 3.59. The summed E-state index contributed by atoms with van der Waals surface area (Å²) in [6.45, 7) is 5.19. The summed E-state index contributed by atoms with van der Waals surface area (Å²) in [6.07, 6.45) is 5.31. The van der Waals surface area contributed by atoms with Crippen LogP contribution in [-0.4, -0.2) is 6.54 Å². The largest absolute Gasteiger partial charge is 0.310 e. The van der Waals surface area contributed by atoms with E-state index in [2.05, 4.69) is 30.5 Å². The molecule has 0 radical (unpaired) electrons. The molecule has 0 aliphatic heterocycles. The molecular formula is C13H18ClN. The third-order valence-corrected chi connectivity index (χ3v) is 2.58. The lowest BCUT2D eigenvalue weighted by Gasteiger charge is -2.13. The first-order valence-electron chi connectivity index (χ1n) is 5.34. The van der Waals surface area contributed by atoms with E-state index in [1.165, 1.54) is 5.56 Å². The van der Waals surface area contributed by atoms with Crippen LogP contribution in [0.4, 0.5) is 0 Å². The highest BCUT2D eigenvalue weighted by atomic mass is 35.5. The van der Waals surface area contributed by atoms with Gasteiger partial charge in [0, 0.05) is 11.1 Å².